The summed E-state index contributed by atoms with van der Waals surface area (Å²) in [6.07, 6.45) is 4.89. The molecular weight excluding hydrogens is 178 g/mol. The molecule has 0 bridgehead atoms. The number of likely N-dealkylation sites (N-methyl/N-ethyl adjacent to an activating group) is 1. The van der Waals surface area contributed by atoms with E-state index in [4.69, 9.17) is 4.74 Å². The molecule has 0 spiro atoms. The average Bonchev–Trinajstić information content (AvgIpc) is 2.61. The number of aromatic nitrogens is 2. The Hall–Kier alpha value is -0.870. The first-order valence-electron chi connectivity index (χ1n) is 4.91. The minimum atomic E-state index is 0.157. The number of methoxy groups -OCH3 is 1. The zero-order valence-corrected chi connectivity index (χ0v) is 9.32. The Balaban J connectivity index is 2.86. The summed E-state index contributed by atoms with van der Waals surface area (Å²) in [5.74, 6) is 1.02. The fraction of sp³-hybridized carbons (Fsp3) is 0.700. The lowest BCUT2D eigenvalue weighted by Gasteiger charge is -2.24. The fourth-order valence-electron chi connectivity index (χ4n) is 1.70. The van der Waals surface area contributed by atoms with Gasteiger partial charge in [0.1, 0.15) is 5.82 Å². The zero-order chi connectivity index (χ0) is 10.6. The lowest BCUT2D eigenvalue weighted by atomic mass is 10.1. The van der Waals surface area contributed by atoms with Crippen LogP contribution in [0.25, 0.3) is 0 Å². The number of nitrogens with one attached hydrogen (secondary N) is 1. The Labute approximate surface area is 85.3 Å². The van der Waals surface area contributed by atoms with Crippen LogP contribution in [-0.4, -0.2) is 29.8 Å². The molecule has 1 aromatic heterocycles. The minimum absolute atomic E-state index is 0.157. The van der Waals surface area contributed by atoms with E-state index in [0.717, 1.165) is 12.2 Å². The highest BCUT2D eigenvalue weighted by molar-refractivity contribution is 5.01. The van der Waals surface area contributed by atoms with Crippen molar-refractivity contribution in [3.63, 3.8) is 0 Å². The van der Waals surface area contributed by atoms with Crippen molar-refractivity contribution in [2.24, 2.45) is 7.05 Å². The van der Waals surface area contributed by atoms with Gasteiger partial charge in [0.15, 0.2) is 0 Å². The van der Waals surface area contributed by atoms with Gasteiger partial charge in [0, 0.05) is 26.6 Å². The molecule has 1 heterocycles. The van der Waals surface area contributed by atoms with Gasteiger partial charge in [-0.2, -0.15) is 0 Å². The van der Waals surface area contributed by atoms with Crippen LogP contribution in [0.15, 0.2) is 12.4 Å². The molecule has 1 N–H and O–H groups in total. The quantitative estimate of drug-likeness (QED) is 0.768. The topological polar surface area (TPSA) is 39.1 Å². The Morgan fingerprint density at radius 1 is 1.64 bits per heavy atom. The third-order valence-corrected chi connectivity index (χ3v) is 2.52. The van der Waals surface area contributed by atoms with Gasteiger partial charge < -0.3 is 14.6 Å². The van der Waals surface area contributed by atoms with Crippen LogP contribution in [0.1, 0.15) is 25.2 Å². The van der Waals surface area contributed by atoms with Crippen LogP contribution in [0, 0.1) is 0 Å². The second-order valence-corrected chi connectivity index (χ2v) is 3.35. The molecule has 0 aliphatic rings. The molecule has 2 unspecified atom stereocenters. The van der Waals surface area contributed by atoms with Gasteiger partial charge in [-0.1, -0.05) is 6.92 Å². The number of rotatable bonds is 5. The van der Waals surface area contributed by atoms with E-state index in [2.05, 4.69) is 17.2 Å². The van der Waals surface area contributed by atoms with Crippen LogP contribution >= 0.6 is 0 Å². The first-order valence-corrected chi connectivity index (χ1v) is 4.91. The Kier molecular flexibility index (Phi) is 4.10. The van der Waals surface area contributed by atoms with Gasteiger partial charge in [0.25, 0.3) is 0 Å². The molecule has 0 saturated heterocycles. The van der Waals surface area contributed by atoms with E-state index >= 15 is 0 Å². The summed E-state index contributed by atoms with van der Waals surface area (Å²) in [6, 6.07) is 0.157. The van der Waals surface area contributed by atoms with Gasteiger partial charge in [0.2, 0.25) is 0 Å². The van der Waals surface area contributed by atoms with Crippen LogP contribution in [-0.2, 0) is 11.8 Å². The maximum absolute atomic E-state index is 5.42. The molecule has 1 rings (SSSR count). The van der Waals surface area contributed by atoms with Crippen LogP contribution in [0.4, 0.5) is 0 Å². The van der Waals surface area contributed by atoms with Crippen LogP contribution < -0.4 is 5.32 Å². The second-order valence-electron chi connectivity index (χ2n) is 3.35. The summed E-state index contributed by atoms with van der Waals surface area (Å²) in [5.41, 5.74) is 0. The van der Waals surface area contributed by atoms with Crippen molar-refractivity contribution in [3.05, 3.63) is 18.2 Å². The molecule has 80 valence electrons. The highest BCUT2D eigenvalue weighted by Crippen LogP contribution is 2.18. The van der Waals surface area contributed by atoms with Crippen molar-refractivity contribution in [3.8, 4) is 0 Å². The maximum atomic E-state index is 5.42. The van der Waals surface area contributed by atoms with Gasteiger partial charge >= 0.3 is 0 Å². The molecule has 0 fully saturated rings. The molecule has 1 aromatic rings. The molecule has 14 heavy (non-hydrogen) atoms. The van der Waals surface area contributed by atoms with Crippen LogP contribution in [0.3, 0.4) is 0 Å². The second kappa shape index (κ2) is 5.12. The molecule has 0 amide bonds. The van der Waals surface area contributed by atoms with Crippen LogP contribution in [0.2, 0.25) is 0 Å². The third kappa shape index (κ3) is 2.13. The number of nitrogens with zero attached hydrogens (tertiary/aromatic N) is 2. The van der Waals surface area contributed by atoms with Crippen molar-refractivity contribution < 1.29 is 4.74 Å². The molecular formula is C10H19N3O. The van der Waals surface area contributed by atoms with Crippen molar-refractivity contribution in [2.45, 2.75) is 25.5 Å². The largest absolute Gasteiger partial charge is 0.379 e. The summed E-state index contributed by atoms with van der Waals surface area (Å²) < 4.78 is 7.43. The lowest BCUT2D eigenvalue weighted by molar-refractivity contribution is 0.0640. The van der Waals surface area contributed by atoms with Crippen molar-refractivity contribution in [1.82, 2.24) is 14.9 Å². The number of aryl methyl sites for hydroxylation is 1. The molecule has 0 aromatic carbocycles. The Morgan fingerprint density at radius 2 is 2.36 bits per heavy atom. The fourth-order valence-corrected chi connectivity index (χ4v) is 1.70. The van der Waals surface area contributed by atoms with E-state index in [9.17, 15) is 0 Å². The average molecular weight is 197 g/mol. The summed E-state index contributed by atoms with van der Waals surface area (Å²) in [5, 5.41) is 3.24. The normalized spacial score (nSPS) is 15.4. The van der Waals surface area contributed by atoms with E-state index in [1.165, 1.54) is 0 Å². The first-order chi connectivity index (χ1) is 6.74. The number of hydrogen-bond acceptors (Lipinski definition) is 3. The van der Waals surface area contributed by atoms with Crippen molar-refractivity contribution in [2.75, 3.05) is 14.2 Å². The van der Waals surface area contributed by atoms with Gasteiger partial charge in [-0.15, -0.1) is 0 Å². The molecule has 4 heteroatoms. The molecule has 0 radical (unpaired) electrons. The van der Waals surface area contributed by atoms with E-state index in [0.29, 0.717) is 0 Å². The highest BCUT2D eigenvalue weighted by Gasteiger charge is 2.22. The predicted octanol–water partition coefficient (Wildman–Crippen LogP) is 1.11. The van der Waals surface area contributed by atoms with Gasteiger partial charge in [0.05, 0.1) is 12.1 Å². The minimum Gasteiger partial charge on any atom is -0.379 e. The molecule has 0 aliphatic carbocycles. The SMILES string of the molecule is CCC(OC)C(NC)c1nccn1C. The molecule has 4 nitrogen and oxygen atoms in total. The Bertz CT molecular complexity index is 268. The number of imidazole rings is 1. The molecule has 2 atom stereocenters. The molecule has 0 aliphatic heterocycles. The van der Waals surface area contributed by atoms with E-state index in [-0.39, 0.29) is 12.1 Å². The summed E-state index contributed by atoms with van der Waals surface area (Å²) in [4.78, 5) is 4.32. The van der Waals surface area contributed by atoms with Gasteiger partial charge in [-0.05, 0) is 13.5 Å². The van der Waals surface area contributed by atoms with Crippen LogP contribution in [0.5, 0.6) is 0 Å². The summed E-state index contributed by atoms with van der Waals surface area (Å²) in [7, 11) is 5.66. The van der Waals surface area contributed by atoms with E-state index in [1.807, 2.05) is 31.1 Å². The van der Waals surface area contributed by atoms with Crippen molar-refractivity contribution in [1.29, 1.82) is 0 Å². The zero-order valence-electron chi connectivity index (χ0n) is 9.32. The Morgan fingerprint density at radius 3 is 2.71 bits per heavy atom. The monoisotopic (exact) mass is 197 g/mol. The third-order valence-electron chi connectivity index (χ3n) is 2.52. The number of ether oxygens (including phenoxy) is 1. The smallest absolute Gasteiger partial charge is 0.128 e. The predicted molar refractivity (Wildman–Crippen MR) is 56.1 cm³/mol. The summed E-state index contributed by atoms with van der Waals surface area (Å²) >= 11 is 0. The first kappa shape index (κ1) is 11.2. The van der Waals surface area contributed by atoms with Crippen molar-refractivity contribution >= 4 is 0 Å². The van der Waals surface area contributed by atoms with Gasteiger partial charge in [-0.3, -0.25) is 0 Å². The lowest BCUT2D eigenvalue weighted by Crippen LogP contribution is -2.32. The number of hydrogen-bond donors (Lipinski definition) is 1. The highest BCUT2D eigenvalue weighted by atomic mass is 16.5. The molecule has 0 saturated carbocycles. The van der Waals surface area contributed by atoms with E-state index < -0.39 is 0 Å². The maximum Gasteiger partial charge on any atom is 0.128 e. The van der Waals surface area contributed by atoms with E-state index in [1.54, 1.807) is 7.11 Å². The standard InChI is InChI=1S/C10H19N3O/c1-5-8(14-4)9(11-2)10-12-6-7-13(10)3/h6-9,11H,5H2,1-4H3. The van der Waals surface area contributed by atoms with Gasteiger partial charge in [-0.25, -0.2) is 4.98 Å². The summed E-state index contributed by atoms with van der Waals surface area (Å²) in [6.45, 7) is 2.11.